The number of fused-ring (bicyclic) bond motifs is 2. The lowest BCUT2D eigenvalue weighted by Gasteiger charge is -2.28. The predicted octanol–water partition coefficient (Wildman–Crippen LogP) is 3.69. The van der Waals surface area contributed by atoms with E-state index in [4.69, 9.17) is 9.47 Å². The number of hydrogen-bond acceptors (Lipinski definition) is 4. The highest BCUT2D eigenvalue weighted by molar-refractivity contribution is 5.67. The first-order valence-electron chi connectivity index (χ1n) is 8.04. The molecule has 2 aromatic carbocycles. The lowest BCUT2D eigenvalue weighted by molar-refractivity contribution is -0.146. The molecule has 124 valence electrons. The lowest BCUT2D eigenvalue weighted by atomic mass is 9.85. The van der Waals surface area contributed by atoms with Crippen LogP contribution in [0.4, 0.5) is 0 Å². The van der Waals surface area contributed by atoms with E-state index in [1.54, 1.807) is 0 Å². The van der Waals surface area contributed by atoms with Crippen LogP contribution in [-0.2, 0) is 31.9 Å². The van der Waals surface area contributed by atoms with Gasteiger partial charge in [0, 0.05) is 26.7 Å². The van der Waals surface area contributed by atoms with Crippen LogP contribution in [-0.4, -0.2) is 11.9 Å². The van der Waals surface area contributed by atoms with E-state index in [1.807, 2.05) is 48.5 Å². The second-order valence-electron chi connectivity index (χ2n) is 6.00. The minimum absolute atomic E-state index is 0.301. The molecular weight excluding hydrogens is 304 g/mol. The van der Waals surface area contributed by atoms with Crippen LogP contribution < -0.4 is 0 Å². The van der Waals surface area contributed by atoms with E-state index < -0.39 is 0 Å². The van der Waals surface area contributed by atoms with E-state index in [0.29, 0.717) is 12.8 Å². The monoisotopic (exact) mass is 324 g/mol. The Labute approximate surface area is 141 Å². The van der Waals surface area contributed by atoms with Gasteiger partial charge in [-0.05, 0) is 22.3 Å². The van der Waals surface area contributed by atoms with Crippen molar-refractivity contribution in [1.29, 1.82) is 0 Å². The molecule has 2 aromatic rings. The first-order chi connectivity index (χ1) is 11.5. The van der Waals surface area contributed by atoms with Crippen LogP contribution in [0.1, 0.15) is 48.3 Å². The van der Waals surface area contributed by atoms with Gasteiger partial charge in [-0.1, -0.05) is 48.5 Å². The first kappa shape index (κ1) is 16.2. The number of benzene rings is 2. The maximum atomic E-state index is 11.6. The molecule has 3 rings (SSSR count). The highest BCUT2D eigenvalue weighted by atomic mass is 16.5. The van der Waals surface area contributed by atoms with E-state index in [-0.39, 0.29) is 24.1 Å². The lowest BCUT2D eigenvalue weighted by Crippen LogP contribution is -2.21. The molecule has 0 fully saturated rings. The predicted molar refractivity (Wildman–Crippen MR) is 89.3 cm³/mol. The molecule has 2 unspecified atom stereocenters. The molecule has 0 radical (unpaired) electrons. The standard InChI is InChI=1S/C20H20O4/c1-13(21)23-19-11-15-7-4-6-10-18(15)20(24-14(2)22)12-16-8-3-5-9-17(16)19/h3-10,19-20H,11-12H2,1-2H3. The molecule has 24 heavy (non-hydrogen) atoms. The van der Waals surface area contributed by atoms with Crippen molar-refractivity contribution in [1.82, 2.24) is 0 Å². The summed E-state index contributed by atoms with van der Waals surface area (Å²) in [7, 11) is 0. The van der Waals surface area contributed by atoms with E-state index in [9.17, 15) is 9.59 Å². The van der Waals surface area contributed by atoms with E-state index in [2.05, 4.69) is 0 Å². The van der Waals surface area contributed by atoms with Crippen LogP contribution in [0.3, 0.4) is 0 Å². The third kappa shape index (κ3) is 3.48. The second kappa shape index (κ2) is 6.87. The van der Waals surface area contributed by atoms with Crippen LogP contribution in [0.25, 0.3) is 0 Å². The molecule has 1 aliphatic carbocycles. The summed E-state index contributed by atoms with van der Waals surface area (Å²) in [6.45, 7) is 2.85. The molecule has 0 amide bonds. The number of carbonyl (C=O) groups excluding carboxylic acids is 2. The number of hydrogen-bond donors (Lipinski definition) is 0. The maximum Gasteiger partial charge on any atom is 0.303 e. The molecule has 4 nitrogen and oxygen atoms in total. The number of esters is 2. The van der Waals surface area contributed by atoms with Crippen LogP contribution in [0.15, 0.2) is 48.5 Å². The minimum Gasteiger partial charge on any atom is -0.457 e. The highest BCUT2D eigenvalue weighted by Gasteiger charge is 2.28. The van der Waals surface area contributed by atoms with Crippen LogP contribution >= 0.6 is 0 Å². The van der Waals surface area contributed by atoms with Crippen molar-refractivity contribution >= 4 is 11.9 Å². The summed E-state index contributed by atoms with van der Waals surface area (Å²) in [4.78, 5) is 23.1. The average Bonchev–Trinajstić information content (AvgIpc) is 2.52. The first-order valence-corrected chi connectivity index (χ1v) is 8.04. The Morgan fingerprint density at radius 2 is 1.12 bits per heavy atom. The van der Waals surface area contributed by atoms with Gasteiger partial charge in [0.1, 0.15) is 12.2 Å². The summed E-state index contributed by atoms with van der Waals surface area (Å²) in [5.41, 5.74) is 4.01. The number of rotatable bonds is 2. The number of carbonyl (C=O) groups is 2. The van der Waals surface area contributed by atoms with Gasteiger partial charge in [-0.15, -0.1) is 0 Å². The molecule has 2 atom stereocenters. The Bertz CT molecular complexity index is 700. The summed E-state index contributed by atoms with van der Waals surface area (Å²) in [5.74, 6) is -0.603. The summed E-state index contributed by atoms with van der Waals surface area (Å²) in [5, 5.41) is 0. The molecule has 1 aliphatic rings. The van der Waals surface area contributed by atoms with Crippen molar-refractivity contribution in [3.8, 4) is 0 Å². The molecule has 4 heteroatoms. The van der Waals surface area contributed by atoms with Crippen LogP contribution in [0, 0.1) is 0 Å². The van der Waals surface area contributed by atoms with Crippen molar-refractivity contribution in [3.63, 3.8) is 0 Å². The Morgan fingerprint density at radius 3 is 1.50 bits per heavy atom. The third-order valence-electron chi connectivity index (χ3n) is 4.23. The normalized spacial score (nSPS) is 19.2. The summed E-state index contributed by atoms with van der Waals surface area (Å²) < 4.78 is 11.2. The Hall–Kier alpha value is -2.62. The van der Waals surface area contributed by atoms with Gasteiger partial charge >= 0.3 is 11.9 Å². The van der Waals surface area contributed by atoms with Gasteiger partial charge in [-0.2, -0.15) is 0 Å². The Kier molecular flexibility index (Phi) is 4.65. The van der Waals surface area contributed by atoms with E-state index in [0.717, 1.165) is 22.3 Å². The van der Waals surface area contributed by atoms with Gasteiger partial charge in [0.25, 0.3) is 0 Å². The fourth-order valence-electron chi connectivity index (χ4n) is 3.30. The Morgan fingerprint density at radius 1 is 0.750 bits per heavy atom. The molecule has 0 aliphatic heterocycles. The summed E-state index contributed by atoms with van der Waals surface area (Å²) in [6.07, 6.45) is 0.450. The van der Waals surface area contributed by atoms with Crippen molar-refractivity contribution in [2.24, 2.45) is 0 Å². The number of ether oxygens (including phenoxy) is 2. The SMILES string of the molecule is CC(=O)OC1Cc2ccccc2C(OC(C)=O)Cc2ccccc21. The third-order valence-corrected chi connectivity index (χ3v) is 4.23. The van der Waals surface area contributed by atoms with Gasteiger partial charge in [0.2, 0.25) is 0 Å². The summed E-state index contributed by atoms with van der Waals surface area (Å²) in [6, 6.07) is 15.7. The smallest absolute Gasteiger partial charge is 0.303 e. The second-order valence-corrected chi connectivity index (χ2v) is 6.00. The zero-order valence-electron chi connectivity index (χ0n) is 13.8. The fraction of sp³-hybridized carbons (Fsp3) is 0.300. The van der Waals surface area contributed by atoms with Gasteiger partial charge < -0.3 is 9.47 Å². The molecule has 0 N–H and O–H groups in total. The van der Waals surface area contributed by atoms with Crippen LogP contribution in [0.2, 0.25) is 0 Å². The van der Waals surface area contributed by atoms with Crippen molar-refractivity contribution in [2.75, 3.05) is 0 Å². The van der Waals surface area contributed by atoms with Gasteiger partial charge in [0.05, 0.1) is 0 Å². The Balaban J connectivity index is 2.08. The largest absolute Gasteiger partial charge is 0.457 e. The van der Waals surface area contributed by atoms with Crippen molar-refractivity contribution in [2.45, 2.75) is 38.9 Å². The minimum atomic E-state index is -0.335. The van der Waals surface area contributed by atoms with E-state index >= 15 is 0 Å². The van der Waals surface area contributed by atoms with E-state index in [1.165, 1.54) is 13.8 Å². The molecular formula is C20H20O4. The highest BCUT2D eigenvalue weighted by Crippen LogP contribution is 2.36. The molecule has 0 saturated heterocycles. The quantitative estimate of drug-likeness (QED) is 0.791. The molecule has 0 aromatic heterocycles. The summed E-state index contributed by atoms with van der Waals surface area (Å²) >= 11 is 0. The molecule has 0 saturated carbocycles. The van der Waals surface area contributed by atoms with Crippen molar-refractivity contribution < 1.29 is 19.1 Å². The van der Waals surface area contributed by atoms with Gasteiger partial charge in [0.15, 0.2) is 0 Å². The molecule has 0 heterocycles. The zero-order valence-corrected chi connectivity index (χ0v) is 13.8. The maximum absolute atomic E-state index is 11.6. The zero-order chi connectivity index (χ0) is 17.1. The van der Waals surface area contributed by atoms with Crippen molar-refractivity contribution in [3.05, 3.63) is 70.8 Å². The molecule has 0 spiro atoms. The average molecular weight is 324 g/mol. The fourth-order valence-corrected chi connectivity index (χ4v) is 3.30. The van der Waals surface area contributed by atoms with Gasteiger partial charge in [-0.25, -0.2) is 0 Å². The van der Waals surface area contributed by atoms with Gasteiger partial charge in [-0.3, -0.25) is 9.59 Å². The van der Waals surface area contributed by atoms with Crippen LogP contribution in [0.5, 0.6) is 0 Å². The topological polar surface area (TPSA) is 52.6 Å². The molecule has 0 bridgehead atoms.